The summed E-state index contributed by atoms with van der Waals surface area (Å²) in [6.07, 6.45) is 0. The molecule has 0 radical (unpaired) electrons. The summed E-state index contributed by atoms with van der Waals surface area (Å²) >= 11 is 5.95. The number of anilines is 1. The first kappa shape index (κ1) is 14.2. The minimum absolute atomic E-state index is 0.00356. The van der Waals surface area contributed by atoms with Crippen molar-refractivity contribution in [2.75, 3.05) is 5.73 Å². The van der Waals surface area contributed by atoms with E-state index in [0.29, 0.717) is 10.7 Å². The molecule has 1 atom stereocenters. The fourth-order valence-corrected chi connectivity index (χ4v) is 2.08. The van der Waals surface area contributed by atoms with Crippen LogP contribution in [0.3, 0.4) is 0 Å². The molecular formula is C15H15ClN2O2. The Morgan fingerprint density at radius 3 is 2.75 bits per heavy atom. The molecule has 4 N–H and O–H groups in total. The van der Waals surface area contributed by atoms with E-state index in [-0.39, 0.29) is 23.3 Å². The third-order valence-electron chi connectivity index (χ3n) is 2.95. The largest absolute Gasteiger partial charge is 0.508 e. The minimum Gasteiger partial charge on any atom is -0.508 e. The van der Waals surface area contributed by atoms with E-state index < -0.39 is 0 Å². The van der Waals surface area contributed by atoms with E-state index in [1.54, 1.807) is 12.1 Å². The Labute approximate surface area is 122 Å². The summed E-state index contributed by atoms with van der Waals surface area (Å²) in [5.74, 6) is -0.350. The molecule has 1 unspecified atom stereocenters. The monoisotopic (exact) mass is 290 g/mol. The van der Waals surface area contributed by atoms with Crippen LogP contribution in [0.5, 0.6) is 5.75 Å². The van der Waals surface area contributed by atoms with Crippen molar-refractivity contribution < 1.29 is 9.90 Å². The lowest BCUT2D eigenvalue weighted by molar-refractivity contribution is 0.0939. The van der Waals surface area contributed by atoms with Crippen molar-refractivity contribution in [3.8, 4) is 5.75 Å². The number of hydrogen-bond acceptors (Lipinski definition) is 3. The van der Waals surface area contributed by atoms with E-state index in [1.807, 2.05) is 19.1 Å². The van der Waals surface area contributed by atoms with Crippen molar-refractivity contribution in [1.29, 1.82) is 0 Å². The second kappa shape index (κ2) is 5.84. The van der Waals surface area contributed by atoms with Gasteiger partial charge in [0, 0.05) is 5.69 Å². The SMILES string of the molecule is CC(NC(=O)c1cc(O)ccc1Cl)c1cccc(N)c1. The van der Waals surface area contributed by atoms with Gasteiger partial charge < -0.3 is 16.2 Å². The van der Waals surface area contributed by atoms with Gasteiger partial charge in [0.2, 0.25) is 0 Å². The summed E-state index contributed by atoms with van der Waals surface area (Å²) in [4.78, 5) is 12.1. The number of nitrogens with two attached hydrogens (primary N) is 1. The predicted molar refractivity (Wildman–Crippen MR) is 79.9 cm³/mol. The molecule has 0 aromatic heterocycles. The fourth-order valence-electron chi connectivity index (χ4n) is 1.87. The Morgan fingerprint density at radius 2 is 2.05 bits per heavy atom. The van der Waals surface area contributed by atoms with Gasteiger partial charge in [-0.05, 0) is 42.8 Å². The molecule has 0 bridgehead atoms. The minimum atomic E-state index is -0.346. The maximum atomic E-state index is 12.1. The highest BCUT2D eigenvalue weighted by molar-refractivity contribution is 6.33. The maximum absolute atomic E-state index is 12.1. The van der Waals surface area contributed by atoms with Crippen LogP contribution in [0.1, 0.15) is 28.9 Å². The second-order valence-corrected chi connectivity index (χ2v) is 4.94. The van der Waals surface area contributed by atoms with E-state index >= 15 is 0 Å². The van der Waals surface area contributed by atoms with Gasteiger partial charge in [0.1, 0.15) is 5.75 Å². The number of nitrogen functional groups attached to an aromatic ring is 1. The Morgan fingerprint density at radius 1 is 1.30 bits per heavy atom. The molecule has 0 aliphatic carbocycles. The summed E-state index contributed by atoms with van der Waals surface area (Å²) in [5, 5.41) is 12.5. The highest BCUT2D eigenvalue weighted by Gasteiger charge is 2.15. The number of phenols is 1. The quantitative estimate of drug-likeness (QED) is 0.760. The normalized spacial score (nSPS) is 11.9. The van der Waals surface area contributed by atoms with Crippen molar-refractivity contribution in [3.63, 3.8) is 0 Å². The maximum Gasteiger partial charge on any atom is 0.253 e. The van der Waals surface area contributed by atoms with Crippen molar-refractivity contribution in [2.45, 2.75) is 13.0 Å². The Balaban J connectivity index is 2.17. The van der Waals surface area contributed by atoms with Crippen molar-refractivity contribution in [1.82, 2.24) is 5.32 Å². The Bertz CT molecular complexity index is 644. The lowest BCUT2D eigenvalue weighted by Crippen LogP contribution is -2.26. The topological polar surface area (TPSA) is 75.3 Å². The van der Waals surface area contributed by atoms with Crippen LogP contribution in [-0.2, 0) is 0 Å². The van der Waals surface area contributed by atoms with Gasteiger partial charge in [-0.25, -0.2) is 0 Å². The van der Waals surface area contributed by atoms with Crippen LogP contribution in [0.15, 0.2) is 42.5 Å². The van der Waals surface area contributed by atoms with Gasteiger partial charge in [-0.1, -0.05) is 23.7 Å². The van der Waals surface area contributed by atoms with Crippen LogP contribution >= 0.6 is 11.6 Å². The fraction of sp³-hybridized carbons (Fsp3) is 0.133. The summed E-state index contributed by atoms with van der Waals surface area (Å²) in [6, 6.07) is 11.3. The molecule has 0 heterocycles. The Hall–Kier alpha value is -2.20. The van der Waals surface area contributed by atoms with Crippen LogP contribution in [0.25, 0.3) is 0 Å². The lowest BCUT2D eigenvalue weighted by atomic mass is 10.1. The third-order valence-corrected chi connectivity index (χ3v) is 3.28. The highest BCUT2D eigenvalue weighted by Crippen LogP contribution is 2.22. The first-order chi connectivity index (χ1) is 9.47. The summed E-state index contributed by atoms with van der Waals surface area (Å²) in [7, 11) is 0. The first-order valence-electron chi connectivity index (χ1n) is 6.12. The number of aromatic hydroxyl groups is 1. The summed E-state index contributed by atoms with van der Waals surface area (Å²) in [5.41, 5.74) is 7.49. The van der Waals surface area contributed by atoms with Gasteiger partial charge in [-0.3, -0.25) is 4.79 Å². The standard InChI is InChI=1S/C15H15ClN2O2/c1-9(10-3-2-4-11(17)7-10)18-15(20)13-8-12(19)5-6-14(13)16/h2-9,19H,17H2,1H3,(H,18,20). The van der Waals surface area contributed by atoms with Gasteiger partial charge >= 0.3 is 0 Å². The van der Waals surface area contributed by atoms with Crippen molar-refractivity contribution in [3.05, 3.63) is 58.6 Å². The molecule has 20 heavy (non-hydrogen) atoms. The van der Waals surface area contributed by atoms with Crippen molar-refractivity contribution in [2.24, 2.45) is 0 Å². The van der Waals surface area contributed by atoms with Gasteiger partial charge in [0.25, 0.3) is 5.91 Å². The number of amides is 1. The number of carbonyl (C=O) groups is 1. The molecule has 104 valence electrons. The molecule has 2 aromatic carbocycles. The third kappa shape index (κ3) is 3.22. The average molecular weight is 291 g/mol. The zero-order valence-electron chi connectivity index (χ0n) is 10.9. The van der Waals surface area contributed by atoms with Gasteiger partial charge in [-0.2, -0.15) is 0 Å². The van der Waals surface area contributed by atoms with Crippen LogP contribution in [0.2, 0.25) is 5.02 Å². The van der Waals surface area contributed by atoms with Crippen LogP contribution in [0.4, 0.5) is 5.69 Å². The number of carbonyl (C=O) groups excluding carboxylic acids is 1. The summed E-state index contributed by atoms with van der Waals surface area (Å²) < 4.78 is 0. The van der Waals surface area contributed by atoms with E-state index in [1.165, 1.54) is 18.2 Å². The van der Waals surface area contributed by atoms with Gasteiger partial charge in [0.15, 0.2) is 0 Å². The van der Waals surface area contributed by atoms with E-state index in [9.17, 15) is 9.90 Å². The zero-order valence-corrected chi connectivity index (χ0v) is 11.7. The zero-order chi connectivity index (χ0) is 14.7. The number of hydrogen-bond donors (Lipinski definition) is 3. The summed E-state index contributed by atoms with van der Waals surface area (Å²) in [6.45, 7) is 1.85. The molecule has 5 heteroatoms. The van der Waals surface area contributed by atoms with E-state index in [2.05, 4.69) is 5.32 Å². The molecule has 0 spiro atoms. The number of rotatable bonds is 3. The van der Waals surface area contributed by atoms with Gasteiger partial charge in [-0.15, -0.1) is 0 Å². The van der Waals surface area contributed by atoms with Crippen LogP contribution in [0, 0.1) is 0 Å². The number of halogens is 1. The number of nitrogens with one attached hydrogen (secondary N) is 1. The number of benzene rings is 2. The average Bonchev–Trinajstić information content (AvgIpc) is 2.41. The van der Waals surface area contributed by atoms with E-state index in [0.717, 1.165) is 5.56 Å². The van der Waals surface area contributed by atoms with E-state index in [4.69, 9.17) is 17.3 Å². The molecule has 0 aliphatic heterocycles. The van der Waals surface area contributed by atoms with Crippen LogP contribution < -0.4 is 11.1 Å². The first-order valence-corrected chi connectivity index (χ1v) is 6.50. The lowest BCUT2D eigenvalue weighted by Gasteiger charge is -2.15. The number of phenolic OH excluding ortho intramolecular Hbond substituents is 1. The Kier molecular flexibility index (Phi) is 4.15. The predicted octanol–water partition coefficient (Wildman–Crippen LogP) is 3.12. The highest BCUT2D eigenvalue weighted by atomic mass is 35.5. The molecular weight excluding hydrogens is 276 g/mol. The van der Waals surface area contributed by atoms with Crippen LogP contribution in [-0.4, -0.2) is 11.0 Å². The molecule has 2 aromatic rings. The second-order valence-electron chi connectivity index (χ2n) is 4.53. The molecule has 2 rings (SSSR count). The molecule has 4 nitrogen and oxygen atoms in total. The smallest absolute Gasteiger partial charge is 0.253 e. The van der Waals surface area contributed by atoms with Crippen molar-refractivity contribution >= 4 is 23.2 Å². The van der Waals surface area contributed by atoms with Gasteiger partial charge in [0.05, 0.1) is 16.6 Å². The molecule has 0 saturated carbocycles. The molecule has 1 amide bonds. The molecule has 0 saturated heterocycles. The molecule has 0 aliphatic rings. The molecule has 0 fully saturated rings.